The lowest BCUT2D eigenvalue weighted by Gasteiger charge is -2.32. The van der Waals surface area contributed by atoms with Gasteiger partial charge in [0.15, 0.2) is 11.4 Å². The molecule has 3 saturated heterocycles. The molecule has 0 unspecified atom stereocenters. The predicted octanol–water partition coefficient (Wildman–Crippen LogP) is 4.87. The number of nitrogens with one attached hydrogen (secondary N) is 2. The number of sulfonamides is 1. The molecule has 0 bridgehead atoms. The Balaban J connectivity index is 1.02. The van der Waals surface area contributed by atoms with E-state index in [1.54, 1.807) is 18.2 Å². The zero-order valence-corrected chi connectivity index (χ0v) is 32.4. The van der Waals surface area contributed by atoms with Gasteiger partial charge in [-0.25, -0.2) is 18.2 Å². The van der Waals surface area contributed by atoms with E-state index < -0.39 is 34.4 Å². The fraction of sp³-hybridized carbons (Fsp3) is 0.513. The SMILES string of the molecule is CC(C)CN(C[C@@H](O)[C@H](Cc1ccccc1)NC(=O)O[C@H]1CO[C@H]2OCC[C@H]21)S(=O)(=O)c1ccc2nc(NC3CCN(Cc4ccccn4)CC3)sc2c1. The van der Waals surface area contributed by atoms with Crippen molar-refractivity contribution >= 4 is 42.8 Å². The van der Waals surface area contributed by atoms with Gasteiger partial charge in [-0.05, 0) is 67.5 Å². The van der Waals surface area contributed by atoms with Crippen LogP contribution in [-0.2, 0) is 37.2 Å². The third kappa shape index (κ3) is 9.56. The first-order valence-electron chi connectivity index (χ1n) is 18.8. The van der Waals surface area contributed by atoms with E-state index >= 15 is 0 Å². The highest BCUT2D eigenvalue weighted by atomic mass is 32.2. The molecule has 3 N–H and O–H groups in total. The number of piperidine rings is 1. The zero-order chi connectivity index (χ0) is 37.7. The lowest BCUT2D eigenvalue weighted by Crippen LogP contribution is -2.51. The van der Waals surface area contributed by atoms with Crippen molar-refractivity contribution in [1.82, 2.24) is 24.5 Å². The van der Waals surface area contributed by atoms with Crippen molar-refractivity contribution in [3.8, 4) is 0 Å². The van der Waals surface area contributed by atoms with E-state index in [1.165, 1.54) is 15.6 Å². The second-order valence-electron chi connectivity index (χ2n) is 14.9. The molecule has 5 atom stereocenters. The molecule has 3 fully saturated rings. The minimum Gasteiger partial charge on any atom is -0.443 e. The van der Waals surface area contributed by atoms with Crippen LogP contribution >= 0.6 is 11.3 Å². The number of ether oxygens (including phenoxy) is 3. The quantitative estimate of drug-likeness (QED) is 0.151. The lowest BCUT2D eigenvalue weighted by atomic mass is 10.0. The molecule has 13 nitrogen and oxygen atoms in total. The van der Waals surface area contributed by atoms with Crippen LogP contribution in [0.15, 0.2) is 77.8 Å². The molecule has 3 aliphatic rings. The van der Waals surface area contributed by atoms with Gasteiger partial charge in [-0.1, -0.05) is 61.6 Å². The van der Waals surface area contributed by atoms with Crippen molar-refractivity contribution in [2.45, 2.75) is 81.6 Å². The van der Waals surface area contributed by atoms with Crippen molar-refractivity contribution in [3.05, 3.63) is 84.2 Å². The molecule has 290 valence electrons. The molecule has 0 aliphatic carbocycles. The number of fused-ring (bicyclic) bond motifs is 2. The number of carbonyl (C=O) groups excluding carboxylic acids is 1. The number of likely N-dealkylation sites (tertiary alicyclic amines) is 1. The van der Waals surface area contributed by atoms with Gasteiger partial charge in [0.05, 0.1) is 52.1 Å². The van der Waals surface area contributed by atoms with Crippen LogP contribution in [0, 0.1) is 11.8 Å². The number of hydrogen-bond acceptors (Lipinski definition) is 12. The van der Waals surface area contributed by atoms with E-state index in [2.05, 4.69) is 26.6 Å². The van der Waals surface area contributed by atoms with Gasteiger partial charge in [-0.15, -0.1) is 0 Å². The van der Waals surface area contributed by atoms with Crippen LogP contribution < -0.4 is 10.6 Å². The highest BCUT2D eigenvalue weighted by Gasteiger charge is 2.44. The van der Waals surface area contributed by atoms with Gasteiger partial charge in [-0.2, -0.15) is 4.31 Å². The number of aliphatic hydroxyl groups is 1. The molecule has 54 heavy (non-hydrogen) atoms. The molecule has 2 aromatic carbocycles. The Labute approximate surface area is 321 Å². The van der Waals surface area contributed by atoms with Crippen molar-refractivity contribution in [2.24, 2.45) is 11.8 Å². The van der Waals surface area contributed by atoms with Crippen molar-refractivity contribution < 1.29 is 32.5 Å². The second kappa shape index (κ2) is 17.4. The standard InChI is InChI=1S/C39H50N6O7S2/c1-26(2)22-45(24-34(46)33(20-27-8-4-3-5-9-27)43-39(47)52-35-25-51-37-31(35)15-19-50-37)54(48,49)30-11-12-32-36(21-30)53-38(42-32)41-28-13-17-44(18-14-28)23-29-10-6-7-16-40-29/h3-12,16,21,26,28,31,33-35,37,46H,13-15,17-20,22-25H2,1-2H3,(H,41,42)(H,43,47)/t31-,33-,34+,35-,37+/m0/s1. The fourth-order valence-electron chi connectivity index (χ4n) is 7.44. The maximum Gasteiger partial charge on any atom is 0.407 e. The summed E-state index contributed by atoms with van der Waals surface area (Å²) in [6.07, 6.45) is 2.01. The number of benzene rings is 2. The maximum absolute atomic E-state index is 14.3. The largest absolute Gasteiger partial charge is 0.443 e. The number of carbonyl (C=O) groups is 1. The van der Waals surface area contributed by atoms with Crippen molar-refractivity contribution in [2.75, 3.05) is 44.7 Å². The van der Waals surface area contributed by atoms with Crippen molar-refractivity contribution in [3.63, 3.8) is 0 Å². The number of aliphatic hydroxyl groups excluding tert-OH is 1. The average Bonchev–Trinajstić information content (AvgIpc) is 3.89. The number of amides is 1. The van der Waals surface area contributed by atoms with E-state index in [0.29, 0.717) is 6.61 Å². The van der Waals surface area contributed by atoms with Crippen LogP contribution in [0.1, 0.15) is 44.4 Å². The summed E-state index contributed by atoms with van der Waals surface area (Å²) in [5.74, 6) is -0.0660. The van der Waals surface area contributed by atoms with Crippen LogP contribution in [0.4, 0.5) is 9.93 Å². The summed E-state index contributed by atoms with van der Waals surface area (Å²) in [6, 6.07) is 19.9. The normalized spacial score (nSPS) is 22.1. The number of thiazole rings is 1. The number of nitrogens with zero attached hydrogens (tertiary/aromatic N) is 4. The van der Waals surface area contributed by atoms with Crippen LogP contribution in [0.2, 0.25) is 0 Å². The monoisotopic (exact) mass is 778 g/mol. The topological polar surface area (TPSA) is 155 Å². The van der Waals surface area contributed by atoms with Gasteiger partial charge in [0.2, 0.25) is 10.0 Å². The Hall–Kier alpha value is -3.70. The third-order valence-electron chi connectivity index (χ3n) is 10.3. The summed E-state index contributed by atoms with van der Waals surface area (Å²) in [5, 5.41) is 18.9. The fourth-order valence-corrected chi connectivity index (χ4v) is 10.1. The smallest absolute Gasteiger partial charge is 0.407 e. The highest BCUT2D eigenvalue weighted by molar-refractivity contribution is 7.89. The molecule has 1 amide bonds. The van der Waals surface area contributed by atoms with Crippen LogP contribution in [0.5, 0.6) is 0 Å². The minimum absolute atomic E-state index is 0.0280. The summed E-state index contributed by atoms with van der Waals surface area (Å²) in [5.41, 5.74) is 2.67. The van der Waals surface area contributed by atoms with Gasteiger partial charge < -0.3 is 30.0 Å². The first-order valence-corrected chi connectivity index (χ1v) is 21.1. The van der Waals surface area contributed by atoms with Crippen LogP contribution in [-0.4, -0.2) is 109 Å². The average molecular weight is 779 g/mol. The number of rotatable bonds is 15. The van der Waals surface area contributed by atoms with Crippen LogP contribution in [0.3, 0.4) is 0 Å². The Bertz CT molecular complexity index is 1940. The van der Waals surface area contributed by atoms with Gasteiger partial charge in [0, 0.05) is 45.0 Å². The number of pyridine rings is 1. The Morgan fingerprint density at radius 2 is 1.85 bits per heavy atom. The lowest BCUT2D eigenvalue weighted by molar-refractivity contribution is -0.0907. The van der Waals surface area contributed by atoms with Crippen LogP contribution in [0.25, 0.3) is 10.2 Å². The zero-order valence-electron chi connectivity index (χ0n) is 30.7. The number of aromatic nitrogens is 2. The summed E-state index contributed by atoms with van der Waals surface area (Å²) >= 11 is 1.44. The molecular weight excluding hydrogens is 729 g/mol. The molecule has 2 aromatic heterocycles. The Morgan fingerprint density at radius 1 is 1.06 bits per heavy atom. The molecular formula is C39H50N6O7S2. The molecule has 3 aliphatic heterocycles. The highest BCUT2D eigenvalue weighted by Crippen LogP contribution is 2.34. The summed E-state index contributed by atoms with van der Waals surface area (Å²) in [7, 11) is -4.05. The molecule has 15 heteroatoms. The molecule has 4 aromatic rings. The van der Waals surface area contributed by atoms with Crippen molar-refractivity contribution in [1.29, 1.82) is 0 Å². The van der Waals surface area contributed by atoms with E-state index in [4.69, 9.17) is 19.2 Å². The van der Waals surface area contributed by atoms with E-state index in [0.717, 1.165) is 65.5 Å². The number of hydrogen-bond donors (Lipinski definition) is 3. The molecule has 0 radical (unpaired) electrons. The number of anilines is 1. The molecule has 5 heterocycles. The molecule has 0 spiro atoms. The Morgan fingerprint density at radius 3 is 2.61 bits per heavy atom. The van der Waals surface area contributed by atoms with Gasteiger partial charge >= 0.3 is 6.09 Å². The van der Waals surface area contributed by atoms with E-state index in [9.17, 15) is 18.3 Å². The number of alkyl carbamates (subject to hydrolysis) is 1. The second-order valence-corrected chi connectivity index (χ2v) is 17.8. The first-order chi connectivity index (χ1) is 26.1. The molecule has 7 rings (SSSR count). The van der Waals surface area contributed by atoms with Gasteiger partial charge in [0.1, 0.15) is 6.10 Å². The Kier molecular flexibility index (Phi) is 12.4. The summed E-state index contributed by atoms with van der Waals surface area (Å²) in [6.45, 7) is 7.35. The summed E-state index contributed by atoms with van der Waals surface area (Å²) in [4.78, 5) is 25.0. The third-order valence-corrected chi connectivity index (χ3v) is 13.1. The van der Waals surface area contributed by atoms with E-state index in [-0.39, 0.29) is 55.2 Å². The van der Waals surface area contributed by atoms with Gasteiger partial charge in [0.25, 0.3) is 0 Å². The van der Waals surface area contributed by atoms with E-state index in [1.807, 2.05) is 62.5 Å². The van der Waals surface area contributed by atoms with Gasteiger partial charge in [-0.3, -0.25) is 9.88 Å². The minimum atomic E-state index is -4.05. The maximum atomic E-state index is 14.3. The molecule has 0 saturated carbocycles. The summed E-state index contributed by atoms with van der Waals surface area (Å²) < 4.78 is 47.6. The first kappa shape index (κ1) is 38.6. The predicted molar refractivity (Wildman–Crippen MR) is 207 cm³/mol.